The molecule has 0 aromatic heterocycles. The molecular formula is C20H25NO4S. The van der Waals surface area contributed by atoms with Crippen LogP contribution >= 0.6 is 0 Å². The van der Waals surface area contributed by atoms with Crippen LogP contribution in [-0.2, 0) is 16.4 Å². The summed E-state index contributed by atoms with van der Waals surface area (Å²) in [6.07, 6.45) is 0.671. The van der Waals surface area contributed by atoms with Crippen LogP contribution in [0.15, 0.2) is 35.2 Å². The van der Waals surface area contributed by atoms with Crippen LogP contribution in [0.1, 0.15) is 35.2 Å². The van der Waals surface area contributed by atoms with E-state index in [0.717, 1.165) is 22.4 Å². The smallest absolute Gasteiger partial charge is 0.243 e. The van der Waals surface area contributed by atoms with Crippen molar-refractivity contribution in [1.82, 2.24) is 4.31 Å². The lowest BCUT2D eigenvalue weighted by molar-refractivity contribution is 0.325. The molecule has 3 rings (SSSR count). The molecule has 6 heteroatoms. The number of fused-ring (bicyclic) bond motifs is 1. The van der Waals surface area contributed by atoms with Crippen molar-refractivity contribution < 1.29 is 17.9 Å². The van der Waals surface area contributed by atoms with Crippen molar-refractivity contribution in [3.63, 3.8) is 0 Å². The van der Waals surface area contributed by atoms with Gasteiger partial charge in [0.1, 0.15) is 11.5 Å². The average molecular weight is 375 g/mol. The Balaban J connectivity index is 2.02. The van der Waals surface area contributed by atoms with Crippen molar-refractivity contribution in [3.8, 4) is 11.5 Å². The second-order valence-corrected chi connectivity index (χ2v) is 8.55. The maximum Gasteiger partial charge on any atom is 0.243 e. The van der Waals surface area contributed by atoms with Crippen molar-refractivity contribution in [2.24, 2.45) is 0 Å². The number of aryl methyl sites for hydroxylation is 2. The number of hydrogen-bond acceptors (Lipinski definition) is 4. The highest BCUT2D eigenvalue weighted by atomic mass is 32.2. The first-order valence-corrected chi connectivity index (χ1v) is 10.1. The first-order chi connectivity index (χ1) is 12.3. The van der Waals surface area contributed by atoms with Gasteiger partial charge in [0.2, 0.25) is 10.0 Å². The Morgan fingerprint density at radius 2 is 1.77 bits per heavy atom. The highest BCUT2D eigenvalue weighted by molar-refractivity contribution is 7.89. The van der Waals surface area contributed by atoms with Gasteiger partial charge in [-0.25, -0.2) is 8.42 Å². The largest absolute Gasteiger partial charge is 0.497 e. The van der Waals surface area contributed by atoms with Gasteiger partial charge in [0.05, 0.1) is 19.1 Å². The van der Waals surface area contributed by atoms with Crippen LogP contribution in [-0.4, -0.2) is 33.5 Å². The molecule has 2 aromatic rings. The molecule has 1 unspecified atom stereocenters. The normalized spacial score (nSPS) is 17.7. The molecule has 1 aliphatic heterocycles. The molecule has 0 saturated carbocycles. The van der Waals surface area contributed by atoms with Crippen LogP contribution in [0, 0.1) is 13.8 Å². The number of rotatable bonds is 4. The Morgan fingerprint density at radius 1 is 1.04 bits per heavy atom. The molecule has 1 atom stereocenters. The molecule has 0 fully saturated rings. The van der Waals surface area contributed by atoms with Gasteiger partial charge < -0.3 is 9.47 Å². The Labute approximate surface area is 155 Å². The van der Waals surface area contributed by atoms with Gasteiger partial charge in [-0.2, -0.15) is 4.31 Å². The fourth-order valence-corrected chi connectivity index (χ4v) is 5.53. The molecule has 0 N–H and O–H groups in total. The van der Waals surface area contributed by atoms with Crippen molar-refractivity contribution >= 4 is 10.0 Å². The summed E-state index contributed by atoms with van der Waals surface area (Å²) < 4.78 is 38.9. The second-order valence-electron chi connectivity index (χ2n) is 6.69. The summed E-state index contributed by atoms with van der Waals surface area (Å²) in [6.45, 7) is 6.06. The van der Waals surface area contributed by atoms with Crippen LogP contribution in [0.2, 0.25) is 0 Å². The third-order valence-corrected chi connectivity index (χ3v) is 7.22. The molecular weight excluding hydrogens is 350 g/mol. The predicted molar refractivity (Wildman–Crippen MR) is 101 cm³/mol. The molecule has 0 bridgehead atoms. The first-order valence-electron chi connectivity index (χ1n) is 8.63. The van der Waals surface area contributed by atoms with E-state index in [1.807, 2.05) is 39.0 Å². The SMILES string of the molecule is COc1ccc2c(c1)CCN(S(=O)(=O)c1cc(C)c(OC)cc1C)C2C. The molecule has 0 radical (unpaired) electrons. The van der Waals surface area contributed by atoms with E-state index in [4.69, 9.17) is 9.47 Å². The molecule has 2 aromatic carbocycles. The van der Waals surface area contributed by atoms with E-state index in [1.54, 1.807) is 30.7 Å². The molecule has 140 valence electrons. The third kappa shape index (κ3) is 3.08. The van der Waals surface area contributed by atoms with Crippen molar-refractivity contribution in [3.05, 3.63) is 52.6 Å². The average Bonchev–Trinajstić information content (AvgIpc) is 2.62. The van der Waals surface area contributed by atoms with Gasteiger partial charge in [-0.15, -0.1) is 0 Å². The van der Waals surface area contributed by atoms with Crippen LogP contribution in [0.25, 0.3) is 0 Å². The second kappa shape index (κ2) is 6.93. The zero-order valence-electron chi connectivity index (χ0n) is 15.9. The number of methoxy groups -OCH3 is 2. The number of benzene rings is 2. The van der Waals surface area contributed by atoms with Gasteiger partial charge in [-0.3, -0.25) is 0 Å². The monoisotopic (exact) mass is 375 g/mol. The zero-order chi connectivity index (χ0) is 19.1. The van der Waals surface area contributed by atoms with Crippen LogP contribution in [0.3, 0.4) is 0 Å². The standard InChI is InChI=1S/C20H25NO4S/c1-13-11-20(14(2)10-19(13)25-5)26(22,23)21-9-8-16-12-17(24-4)6-7-18(16)15(21)3/h6-7,10-12,15H,8-9H2,1-5H3. The van der Waals surface area contributed by atoms with Crippen molar-refractivity contribution in [1.29, 1.82) is 0 Å². The molecule has 26 heavy (non-hydrogen) atoms. The molecule has 0 spiro atoms. The van der Waals surface area contributed by atoms with E-state index in [0.29, 0.717) is 29.2 Å². The van der Waals surface area contributed by atoms with Crippen molar-refractivity contribution in [2.45, 2.75) is 38.1 Å². The summed E-state index contributed by atoms with van der Waals surface area (Å²) in [5.74, 6) is 1.50. The molecule has 0 saturated heterocycles. The lowest BCUT2D eigenvalue weighted by atomic mass is 9.95. The van der Waals surface area contributed by atoms with E-state index in [2.05, 4.69) is 0 Å². The first kappa shape index (κ1) is 18.7. The minimum Gasteiger partial charge on any atom is -0.497 e. The minimum absolute atomic E-state index is 0.225. The van der Waals surface area contributed by atoms with Gasteiger partial charge in [0.25, 0.3) is 0 Å². The van der Waals surface area contributed by atoms with Gasteiger partial charge in [0.15, 0.2) is 0 Å². The Morgan fingerprint density at radius 3 is 2.42 bits per heavy atom. The fraction of sp³-hybridized carbons (Fsp3) is 0.400. The van der Waals surface area contributed by atoms with Crippen LogP contribution in [0.5, 0.6) is 11.5 Å². The number of ether oxygens (including phenoxy) is 2. The summed E-state index contributed by atoms with van der Waals surface area (Å²) in [7, 11) is -0.372. The highest BCUT2D eigenvalue weighted by Crippen LogP contribution is 2.37. The predicted octanol–water partition coefficient (Wildman–Crippen LogP) is 3.63. The van der Waals surface area contributed by atoms with Gasteiger partial charge in [0, 0.05) is 12.6 Å². The molecule has 1 aliphatic rings. The molecule has 1 heterocycles. The lowest BCUT2D eigenvalue weighted by Crippen LogP contribution is -2.39. The summed E-state index contributed by atoms with van der Waals surface area (Å²) in [4.78, 5) is 0.347. The number of nitrogens with zero attached hydrogens (tertiary/aromatic N) is 1. The zero-order valence-corrected chi connectivity index (χ0v) is 16.7. The summed E-state index contributed by atoms with van der Waals surface area (Å²) in [5, 5.41) is 0. The molecule has 0 amide bonds. The number of sulfonamides is 1. The van der Waals surface area contributed by atoms with E-state index >= 15 is 0 Å². The van der Waals surface area contributed by atoms with Crippen LogP contribution < -0.4 is 9.47 Å². The number of hydrogen-bond donors (Lipinski definition) is 0. The Kier molecular flexibility index (Phi) is 4.99. The third-order valence-electron chi connectivity index (χ3n) is 5.11. The minimum atomic E-state index is -3.60. The Bertz CT molecular complexity index is 937. The van der Waals surface area contributed by atoms with Gasteiger partial charge in [-0.1, -0.05) is 6.07 Å². The van der Waals surface area contributed by atoms with E-state index in [-0.39, 0.29) is 6.04 Å². The summed E-state index contributed by atoms with van der Waals surface area (Å²) >= 11 is 0. The van der Waals surface area contributed by atoms with E-state index < -0.39 is 10.0 Å². The highest BCUT2D eigenvalue weighted by Gasteiger charge is 2.35. The van der Waals surface area contributed by atoms with Crippen molar-refractivity contribution in [2.75, 3.05) is 20.8 Å². The fourth-order valence-electron chi connectivity index (χ4n) is 3.63. The maximum atomic E-state index is 13.4. The summed E-state index contributed by atoms with van der Waals surface area (Å²) in [6, 6.07) is 9.12. The van der Waals surface area contributed by atoms with E-state index in [9.17, 15) is 8.42 Å². The Hall–Kier alpha value is -2.05. The lowest BCUT2D eigenvalue weighted by Gasteiger charge is -2.34. The summed E-state index contributed by atoms with van der Waals surface area (Å²) in [5.41, 5.74) is 3.68. The van der Waals surface area contributed by atoms with Gasteiger partial charge in [-0.05, 0) is 73.7 Å². The molecule has 0 aliphatic carbocycles. The quantitative estimate of drug-likeness (QED) is 0.819. The topological polar surface area (TPSA) is 55.8 Å². The van der Waals surface area contributed by atoms with Gasteiger partial charge >= 0.3 is 0 Å². The maximum absolute atomic E-state index is 13.4. The van der Waals surface area contributed by atoms with Crippen LogP contribution in [0.4, 0.5) is 0 Å². The molecule has 5 nitrogen and oxygen atoms in total. The van der Waals surface area contributed by atoms with E-state index in [1.165, 1.54) is 0 Å².